The van der Waals surface area contributed by atoms with Gasteiger partial charge in [-0.2, -0.15) is 0 Å². The number of aryl methyl sites for hydroxylation is 1. The smallest absolute Gasteiger partial charge is 0.251 e. The van der Waals surface area contributed by atoms with Crippen LogP contribution in [0.3, 0.4) is 0 Å². The van der Waals surface area contributed by atoms with E-state index >= 15 is 0 Å². The maximum atomic E-state index is 13.0. The first kappa shape index (κ1) is 25.6. The second-order valence-electron chi connectivity index (χ2n) is 8.63. The maximum absolute atomic E-state index is 13.0. The van der Waals surface area contributed by atoms with Crippen LogP contribution in [0.5, 0.6) is 0 Å². The van der Waals surface area contributed by atoms with Gasteiger partial charge in [-0.15, -0.1) is 16.8 Å². The Morgan fingerprint density at radius 1 is 1.17 bits per heavy atom. The Morgan fingerprint density at radius 2 is 1.97 bits per heavy atom. The third kappa shape index (κ3) is 6.00. The van der Waals surface area contributed by atoms with Crippen LogP contribution in [0.1, 0.15) is 41.6 Å². The van der Waals surface area contributed by atoms with Gasteiger partial charge in [0.1, 0.15) is 0 Å². The number of carbonyl (C=O) groups is 2. The average molecular weight is 521 g/mol. The van der Waals surface area contributed by atoms with Crippen LogP contribution in [0.4, 0.5) is 5.13 Å². The number of rotatable bonds is 10. The lowest BCUT2D eigenvalue weighted by Gasteiger charge is -2.22. The van der Waals surface area contributed by atoms with Crippen LogP contribution in [-0.2, 0) is 11.3 Å². The number of thiazole rings is 1. The van der Waals surface area contributed by atoms with Gasteiger partial charge >= 0.3 is 0 Å². The molecule has 2 heterocycles. The molecule has 0 aliphatic rings. The van der Waals surface area contributed by atoms with Gasteiger partial charge in [0.2, 0.25) is 5.91 Å². The van der Waals surface area contributed by atoms with E-state index in [1.54, 1.807) is 12.1 Å². The third-order valence-electron chi connectivity index (χ3n) is 5.44. The van der Waals surface area contributed by atoms with Crippen molar-refractivity contribution in [2.45, 2.75) is 38.5 Å². The highest BCUT2D eigenvalue weighted by Gasteiger charge is 2.26. The monoisotopic (exact) mass is 520 g/mol. The van der Waals surface area contributed by atoms with Crippen molar-refractivity contribution >= 4 is 50.3 Å². The summed E-state index contributed by atoms with van der Waals surface area (Å²) in [5.41, 5.74) is 2.46. The lowest BCUT2D eigenvalue weighted by molar-refractivity contribution is -0.113. The highest BCUT2D eigenvalue weighted by atomic mass is 32.2. The molecule has 0 bridgehead atoms. The van der Waals surface area contributed by atoms with E-state index in [2.05, 4.69) is 32.4 Å². The second-order valence-corrected chi connectivity index (χ2v) is 10.6. The minimum absolute atomic E-state index is 0.0618. The summed E-state index contributed by atoms with van der Waals surface area (Å²) in [6.07, 6.45) is 1.75. The standard InChI is InChI=1S/C26H28N6O2S2/c1-5-13-32-23(22(16(2)3)29-24(34)18-10-8-9-17(4)14-18)30-31-26(32)35-15-21(33)28-25-27-19-11-6-7-12-20(19)36-25/h5-12,14,16,22H,1,13,15H2,2-4H3,(H,29,34)(H,27,28,33)/t22-/m1/s1. The number of aromatic nitrogens is 4. The van der Waals surface area contributed by atoms with Gasteiger partial charge in [0.25, 0.3) is 5.91 Å². The van der Waals surface area contributed by atoms with Gasteiger partial charge in [-0.05, 0) is 37.1 Å². The Balaban J connectivity index is 1.47. The Bertz CT molecular complexity index is 1360. The number of amides is 2. The van der Waals surface area contributed by atoms with E-state index in [9.17, 15) is 9.59 Å². The summed E-state index contributed by atoms with van der Waals surface area (Å²) in [7, 11) is 0. The first-order chi connectivity index (χ1) is 17.4. The Kier molecular flexibility index (Phi) is 8.17. The Labute approximate surface area is 218 Å². The van der Waals surface area contributed by atoms with E-state index < -0.39 is 0 Å². The van der Waals surface area contributed by atoms with E-state index in [4.69, 9.17) is 0 Å². The number of thioether (sulfide) groups is 1. The Hall–Kier alpha value is -3.50. The second kappa shape index (κ2) is 11.5. The molecule has 2 N–H and O–H groups in total. The molecule has 186 valence electrons. The highest BCUT2D eigenvalue weighted by Crippen LogP contribution is 2.27. The molecular weight excluding hydrogens is 492 g/mol. The van der Waals surface area contributed by atoms with E-state index in [1.807, 2.05) is 67.8 Å². The van der Waals surface area contributed by atoms with Crippen LogP contribution in [0.25, 0.3) is 10.2 Å². The number of nitrogens with one attached hydrogen (secondary N) is 2. The summed E-state index contributed by atoms with van der Waals surface area (Å²) in [5, 5.41) is 15.8. The summed E-state index contributed by atoms with van der Waals surface area (Å²) < 4.78 is 2.91. The number of nitrogens with zero attached hydrogens (tertiary/aromatic N) is 4. The Morgan fingerprint density at radius 3 is 2.69 bits per heavy atom. The van der Waals surface area contributed by atoms with Crippen LogP contribution in [-0.4, -0.2) is 37.3 Å². The molecule has 4 rings (SSSR count). The van der Waals surface area contributed by atoms with Crippen molar-refractivity contribution < 1.29 is 9.59 Å². The summed E-state index contributed by atoms with van der Waals surface area (Å²) in [6, 6.07) is 14.8. The molecule has 0 saturated heterocycles. The molecular formula is C26H28N6O2S2. The molecule has 0 spiro atoms. The van der Waals surface area contributed by atoms with Crippen molar-refractivity contribution in [1.82, 2.24) is 25.1 Å². The van der Waals surface area contributed by atoms with Crippen molar-refractivity contribution in [3.8, 4) is 0 Å². The van der Waals surface area contributed by atoms with Crippen molar-refractivity contribution in [3.63, 3.8) is 0 Å². The molecule has 0 saturated carbocycles. The molecule has 2 aromatic heterocycles. The van der Waals surface area contributed by atoms with Crippen LogP contribution in [0.15, 0.2) is 66.3 Å². The highest BCUT2D eigenvalue weighted by molar-refractivity contribution is 7.99. The van der Waals surface area contributed by atoms with Crippen molar-refractivity contribution in [2.75, 3.05) is 11.1 Å². The molecule has 10 heteroatoms. The quantitative estimate of drug-likeness (QED) is 0.219. The molecule has 0 aliphatic heterocycles. The SMILES string of the molecule is C=CCn1c(SCC(=O)Nc2nc3ccccc3s2)nnc1[C@H](NC(=O)c1cccc(C)c1)C(C)C. The van der Waals surface area contributed by atoms with E-state index in [-0.39, 0.29) is 29.5 Å². The van der Waals surface area contributed by atoms with Crippen LogP contribution < -0.4 is 10.6 Å². The first-order valence-electron chi connectivity index (χ1n) is 11.6. The minimum atomic E-state index is -0.364. The van der Waals surface area contributed by atoms with E-state index in [0.29, 0.717) is 28.2 Å². The number of benzene rings is 2. The molecule has 2 amide bonds. The molecule has 0 radical (unpaired) electrons. The lowest BCUT2D eigenvalue weighted by atomic mass is 10.0. The fraction of sp³-hybridized carbons (Fsp3) is 0.269. The zero-order valence-corrected chi connectivity index (χ0v) is 22.0. The molecule has 4 aromatic rings. The predicted octanol–water partition coefficient (Wildman–Crippen LogP) is 5.24. The zero-order chi connectivity index (χ0) is 25.7. The zero-order valence-electron chi connectivity index (χ0n) is 20.4. The van der Waals surface area contributed by atoms with Crippen LogP contribution in [0, 0.1) is 12.8 Å². The summed E-state index contributed by atoms with van der Waals surface area (Å²) in [5.74, 6) is 0.483. The molecule has 1 atom stereocenters. The average Bonchev–Trinajstić information content (AvgIpc) is 3.44. The molecule has 0 unspecified atom stereocenters. The minimum Gasteiger partial charge on any atom is -0.342 e. The molecule has 8 nitrogen and oxygen atoms in total. The number of allylic oxidation sites excluding steroid dienone is 1. The number of carbonyl (C=O) groups excluding carboxylic acids is 2. The van der Waals surface area contributed by atoms with Gasteiger partial charge in [0.05, 0.1) is 22.0 Å². The largest absolute Gasteiger partial charge is 0.342 e. The van der Waals surface area contributed by atoms with Crippen molar-refractivity contribution in [2.24, 2.45) is 5.92 Å². The first-order valence-corrected chi connectivity index (χ1v) is 13.4. The number of fused-ring (bicyclic) bond motifs is 1. The normalized spacial score (nSPS) is 12.0. The third-order valence-corrected chi connectivity index (χ3v) is 7.36. The lowest BCUT2D eigenvalue weighted by Crippen LogP contribution is -2.34. The number of hydrogen-bond donors (Lipinski definition) is 2. The van der Waals surface area contributed by atoms with Crippen molar-refractivity contribution in [3.05, 3.63) is 78.1 Å². The summed E-state index contributed by atoms with van der Waals surface area (Å²) in [4.78, 5) is 30.0. The van der Waals surface area contributed by atoms with E-state index in [0.717, 1.165) is 15.8 Å². The van der Waals surface area contributed by atoms with Crippen molar-refractivity contribution in [1.29, 1.82) is 0 Å². The molecule has 36 heavy (non-hydrogen) atoms. The van der Waals surface area contributed by atoms with Gasteiger partial charge < -0.3 is 15.2 Å². The topological polar surface area (TPSA) is 102 Å². The number of anilines is 1. The fourth-order valence-electron chi connectivity index (χ4n) is 3.69. The summed E-state index contributed by atoms with van der Waals surface area (Å²) in [6.45, 7) is 10.3. The van der Waals surface area contributed by atoms with Gasteiger partial charge in [-0.25, -0.2) is 4.98 Å². The molecule has 0 fully saturated rings. The number of para-hydroxylation sites is 1. The summed E-state index contributed by atoms with van der Waals surface area (Å²) >= 11 is 2.72. The van der Waals surface area contributed by atoms with Gasteiger partial charge in [-0.1, -0.05) is 72.9 Å². The van der Waals surface area contributed by atoms with Gasteiger partial charge in [-0.3, -0.25) is 9.59 Å². The van der Waals surface area contributed by atoms with Crippen LogP contribution >= 0.6 is 23.1 Å². The predicted molar refractivity (Wildman–Crippen MR) is 145 cm³/mol. The van der Waals surface area contributed by atoms with Crippen LogP contribution in [0.2, 0.25) is 0 Å². The van der Waals surface area contributed by atoms with E-state index in [1.165, 1.54) is 23.1 Å². The van der Waals surface area contributed by atoms with Gasteiger partial charge in [0, 0.05) is 12.1 Å². The number of hydrogen-bond acceptors (Lipinski definition) is 7. The fourth-order valence-corrected chi connectivity index (χ4v) is 5.33. The maximum Gasteiger partial charge on any atom is 0.251 e. The van der Waals surface area contributed by atoms with Gasteiger partial charge in [0.15, 0.2) is 16.1 Å². The molecule has 2 aromatic carbocycles. The molecule has 0 aliphatic carbocycles.